The highest BCUT2D eigenvalue weighted by Gasteiger charge is 2.23. The van der Waals surface area contributed by atoms with E-state index in [2.05, 4.69) is 0 Å². The fraction of sp³-hybridized carbons (Fsp3) is 0.462. The smallest absolute Gasteiger partial charge is 0.269 e. The Morgan fingerprint density at radius 1 is 1.35 bits per heavy atom. The second kappa shape index (κ2) is 6.60. The molecule has 1 saturated heterocycles. The van der Waals surface area contributed by atoms with Crippen LogP contribution in [0.3, 0.4) is 0 Å². The van der Waals surface area contributed by atoms with E-state index < -0.39 is 11.0 Å². The Labute approximate surface area is 121 Å². The van der Waals surface area contributed by atoms with Crippen LogP contribution >= 0.6 is 11.8 Å². The highest BCUT2D eigenvalue weighted by atomic mass is 32.2. The second-order valence-electron chi connectivity index (χ2n) is 4.45. The number of non-ortho nitro benzene ring substituents is 1. The van der Waals surface area contributed by atoms with E-state index in [4.69, 9.17) is 4.74 Å². The molecule has 0 N–H and O–H groups in total. The van der Waals surface area contributed by atoms with Crippen LogP contribution in [0.4, 0.5) is 5.69 Å². The van der Waals surface area contributed by atoms with Crippen molar-refractivity contribution in [2.24, 2.45) is 0 Å². The van der Waals surface area contributed by atoms with Crippen LogP contribution in [-0.2, 0) is 4.79 Å². The number of benzene rings is 1. The number of hydrogen-bond acceptors (Lipinski definition) is 5. The zero-order valence-electron chi connectivity index (χ0n) is 11.2. The zero-order chi connectivity index (χ0) is 14.5. The van der Waals surface area contributed by atoms with Crippen LogP contribution in [0.2, 0.25) is 0 Å². The van der Waals surface area contributed by atoms with Crippen LogP contribution in [0, 0.1) is 10.1 Å². The number of rotatable bonds is 4. The van der Waals surface area contributed by atoms with Crippen LogP contribution in [-0.4, -0.2) is 46.4 Å². The van der Waals surface area contributed by atoms with Crippen molar-refractivity contribution in [2.75, 3.05) is 24.6 Å². The maximum atomic E-state index is 12.2. The van der Waals surface area contributed by atoms with Gasteiger partial charge in [-0.05, 0) is 19.1 Å². The molecule has 1 aliphatic rings. The average molecular weight is 296 g/mol. The number of carbonyl (C=O) groups excluding carboxylic acids is 1. The van der Waals surface area contributed by atoms with Crippen molar-refractivity contribution >= 4 is 23.4 Å². The van der Waals surface area contributed by atoms with Gasteiger partial charge in [-0.25, -0.2) is 0 Å². The molecule has 108 valence electrons. The summed E-state index contributed by atoms with van der Waals surface area (Å²) < 4.78 is 5.54. The molecular formula is C13H16N2O4S. The number of nitrogens with zero attached hydrogens (tertiary/aromatic N) is 2. The molecule has 20 heavy (non-hydrogen) atoms. The molecule has 1 aliphatic heterocycles. The van der Waals surface area contributed by atoms with E-state index in [0.717, 1.165) is 24.6 Å². The van der Waals surface area contributed by atoms with E-state index in [1.807, 2.05) is 11.8 Å². The summed E-state index contributed by atoms with van der Waals surface area (Å²) in [6.45, 7) is 3.19. The third kappa shape index (κ3) is 3.63. The first-order chi connectivity index (χ1) is 9.58. The maximum absolute atomic E-state index is 12.2. The van der Waals surface area contributed by atoms with Gasteiger partial charge in [0.05, 0.1) is 4.92 Å². The fourth-order valence-electron chi connectivity index (χ4n) is 1.94. The Bertz CT molecular complexity index is 486. The summed E-state index contributed by atoms with van der Waals surface area (Å²) >= 11 is 1.84. The SMILES string of the molecule is C[C@H](Oc1ccc([N+](=O)[O-])cc1)C(=O)N1CCSCC1. The lowest BCUT2D eigenvalue weighted by Crippen LogP contribution is -2.44. The lowest BCUT2D eigenvalue weighted by Gasteiger charge is -2.29. The van der Waals surface area contributed by atoms with Gasteiger partial charge in [-0.2, -0.15) is 11.8 Å². The van der Waals surface area contributed by atoms with E-state index in [-0.39, 0.29) is 11.6 Å². The predicted octanol–water partition coefficient (Wildman–Crippen LogP) is 1.94. The van der Waals surface area contributed by atoms with E-state index in [0.29, 0.717) is 5.75 Å². The molecule has 0 radical (unpaired) electrons. The second-order valence-corrected chi connectivity index (χ2v) is 5.67. The van der Waals surface area contributed by atoms with Gasteiger partial charge in [0, 0.05) is 36.7 Å². The zero-order valence-corrected chi connectivity index (χ0v) is 12.0. The van der Waals surface area contributed by atoms with Crippen LogP contribution in [0.1, 0.15) is 6.92 Å². The van der Waals surface area contributed by atoms with Crippen molar-refractivity contribution in [1.29, 1.82) is 0 Å². The van der Waals surface area contributed by atoms with Gasteiger partial charge in [0.1, 0.15) is 5.75 Å². The topological polar surface area (TPSA) is 72.7 Å². The Morgan fingerprint density at radius 3 is 2.50 bits per heavy atom. The minimum absolute atomic E-state index is 0.00406. The van der Waals surface area contributed by atoms with Crippen LogP contribution in [0.5, 0.6) is 5.75 Å². The van der Waals surface area contributed by atoms with Gasteiger partial charge < -0.3 is 9.64 Å². The first-order valence-electron chi connectivity index (χ1n) is 6.35. The van der Waals surface area contributed by atoms with Crippen molar-refractivity contribution in [1.82, 2.24) is 4.90 Å². The molecule has 0 unspecified atom stereocenters. The van der Waals surface area contributed by atoms with Gasteiger partial charge in [0.25, 0.3) is 11.6 Å². The number of ether oxygens (including phenoxy) is 1. The lowest BCUT2D eigenvalue weighted by atomic mass is 10.3. The first kappa shape index (κ1) is 14.6. The number of nitro groups is 1. The van der Waals surface area contributed by atoms with Gasteiger partial charge in [0.2, 0.25) is 0 Å². The van der Waals surface area contributed by atoms with Crippen LogP contribution in [0.25, 0.3) is 0 Å². The van der Waals surface area contributed by atoms with E-state index in [1.165, 1.54) is 24.3 Å². The summed E-state index contributed by atoms with van der Waals surface area (Å²) in [5.41, 5.74) is 0.00406. The largest absolute Gasteiger partial charge is 0.481 e. The molecular weight excluding hydrogens is 280 g/mol. The standard InChI is InChI=1S/C13H16N2O4S/c1-10(13(16)14-6-8-20-9-7-14)19-12-4-2-11(3-5-12)15(17)18/h2-5,10H,6-9H2,1H3/t10-/m0/s1. The maximum Gasteiger partial charge on any atom is 0.269 e. The summed E-state index contributed by atoms with van der Waals surface area (Å²) in [5, 5.41) is 10.6. The summed E-state index contributed by atoms with van der Waals surface area (Å²) in [4.78, 5) is 24.0. The Morgan fingerprint density at radius 2 is 1.95 bits per heavy atom. The lowest BCUT2D eigenvalue weighted by molar-refractivity contribution is -0.384. The molecule has 1 aromatic carbocycles. The molecule has 0 aromatic heterocycles. The Kier molecular flexibility index (Phi) is 4.84. The fourth-order valence-corrected chi connectivity index (χ4v) is 2.84. The quantitative estimate of drug-likeness (QED) is 0.627. The van der Waals surface area contributed by atoms with E-state index >= 15 is 0 Å². The molecule has 0 spiro atoms. The number of carbonyl (C=O) groups is 1. The molecule has 7 heteroatoms. The summed E-state index contributed by atoms with van der Waals surface area (Å²) in [6.07, 6.45) is -0.584. The predicted molar refractivity (Wildman–Crippen MR) is 77.1 cm³/mol. The molecule has 6 nitrogen and oxygen atoms in total. The molecule has 1 amide bonds. The van der Waals surface area contributed by atoms with Gasteiger partial charge in [0.15, 0.2) is 6.10 Å². The van der Waals surface area contributed by atoms with Gasteiger partial charge in [-0.1, -0.05) is 0 Å². The van der Waals surface area contributed by atoms with Gasteiger partial charge in [-0.3, -0.25) is 14.9 Å². The number of amides is 1. The summed E-state index contributed by atoms with van der Waals surface area (Å²) in [7, 11) is 0. The Balaban J connectivity index is 1.94. The van der Waals surface area contributed by atoms with Crippen LogP contribution < -0.4 is 4.74 Å². The average Bonchev–Trinajstić information content (AvgIpc) is 2.48. The minimum atomic E-state index is -0.584. The molecule has 1 aromatic rings. The molecule has 1 heterocycles. The molecule has 0 saturated carbocycles. The highest BCUT2D eigenvalue weighted by Crippen LogP contribution is 2.19. The van der Waals surface area contributed by atoms with Crippen molar-refractivity contribution in [3.8, 4) is 5.75 Å². The summed E-state index contributed by atoms with van der Waals surface area (Å²) in [5.74, 6) is 2.33. The highest BCUT2D eigenvalue weighted by molar-refractivity contribution is 7.99. The van der Waals surface area contributed by atoms with E-state index in [1.54, 1.807) is 11.8 Å². The Hall–Kier alpha value is -1.76. The molecule has 1 fully saturated rings. The van der Waals surface area contributed by atoms with Crippen molar-refractivity contribution in [2.45, 2.75) is 13.0 Å². The van der Waals surface area contributed by atoms with Crippen molar-refractivity contribution in [3.05, 3.63) is 34.4 Å². The van der Waals surface area contributed by atoms with Gasteiger partial charge in [-0.15, -0.1) is 0 Å². The molecule has 2 rings (SSSR count). The summed E-state index contributed by atoms with van der Waals surface area (Å²) in [6, 6.07) is 5.75. The number of nitro benzene ring substituents is 1. The normalized spacial score (nSPS) is 16.6. The number of hydrogen-bond donors (Lipinski definition) is 0. The molecule has 0 bridgehead atoms. The third-order valence-corrected chi connectivity index (χ3v) is 3.97. The molecule has 1 atom stereocenters. The molecule has 0 aliphatic carbocycles. The van der Waals surface area contributed by atoms with E-state index in [9.17, 15) is 14.9 Å². The van der Waals surface area contributed by atoms with Crippen molar-refractivity contribution < 1.29 is 14.5 Å². The first-order valence-corrected chi connectivity index (χ1v) is 7.51. The minimum Gasteiger partial charge on any atom is -0.481 e. The third-order valence-electron chi connectivity index (χ3n) is 3.03. The monoisotopic (exact) mass is 296 g/mol. The van der Waals surface area contributed by atoms with Gasteiger partial charge >= 0.3 is 0 Å². The van der Waals surface area contributed by atoms with Crippen LogP contribution in [0.15, 0.2) is 24.3 Å². The van der Waals surface area contributed by atoms with Crippen molar-refractivity contribution in [3.63, 3.8) is 0 Å². The number of thioether (sulfide) groups is 1.